The third-order valence-electron chi connectivity index (χ3n) is 4.29. The number of ether oxygens (including phenoxy) is 2. The number of nitrogens with zero attached hydrogens (tertiary/aromatic N) is 1. The van der Waals surface area contributed by atoms with Gasteiger partial charge in [-0.15, -0.1) is 0 Å². The minimum absolute atomic E-state index is 0.0171. The number of piperidine rings is 1. The molecule has 0 radical (unpaired) electrons. The topological polar surface area (TPSA) is 38.8 Å². The number of likely N-dealkylation sites (tertiary alicyclic amines) is 1. The van der Waals surface area contributed by atoms with Crippen molar-refractivity contribution in [3.63, 3.8) is 0 Å². The van der Waals surface area contributed by atoms with Crippen LogP contribution in [-0.4, -0.2) is 37.4 Å². The Morgan fingerprint density at radius 1 is 1.33 bits per heavy atom. The number of amides is 1. The second kappa shape index (κ2) is 5.54. The molecule has 0 spiro atoms. The molecule has 2 heterocycles. The van der Waals surface area contributed by atoms with Crippen LogP contribution in [-0.2, 0) is 11.2 Å². The van der Waals surface area contributed by atoms with Gasteiger partial charge in [-0.05, 0) is 36.0 Å². The lowest BCUT2D eigenvalue weighted by Gasteiger charge is -2.40. The first-order chi connectivity index (χ1) is 10.1. The van der Waals surface area contributed by atoms with E-state index in [4.69, 9.17) is 9.47 Å². The maximum absolute atomic E-state index is 12.6. The van der Waals surface area contributed by atoms with Crippen LogP contribution in [0, 0.1) is 5.41 Å². The summed E-state index contributed by atoms with van der Waals surface area (Å²) >= 11 is 0. The fourth-order valence-electron chi connectivity index (χ4n) is 3.19. The molecule has 1 unspecified atom stereocenters. The van der Waals surface area contributed by atoms with Gasteiger partial charge < -0.3 is 14.4 Å². The van der Waals surface area contributed by atoms with E-state index in [9.17, 15) is 9.18 Å². The number of carbonyl (C=O) groups excluding carboxylic acids is 1. The van der Waals surface area contributed by atoms with Crippen molar-refractivity contribution in [3.05, 3.63) is 23.8 Å². The van der Waals surface area contributed by atoms with E-state index in [0.717, 1.165) is 29.9 Å². The molecule has 0 bridgehead atoms. The standard InChI is InChI=1S/C16H20FNO3/c1-16(5-4-15(19)18(10-16)7-6-17)9-12-2-3-13-14(8-12)21-11-20-13/h2-3,8H,4-7,9-11H2,1H3. The highest BCUT2D eigenvalue weighted by molar-refractivity contribution is 5.77. The second-order valence-electron chi connectivity index (χ2n) is 6.18. The molecule has 1 amide bonds. The van der Waals surface area contributed by atoms with Gasteiger partial charge in [-0.3, -0.25) is 4.79 Å². The van der Waals surface area contributed by atoms with Crippen LogP contribution < -0.4 is 9.47 Å². The molecule has 21 heavy (non-hydrogen) atoms. The summed E-state index contributed by atoms with van der Waals surface area (Å²) in [6.07, 6.45) is 2.18. The van der Waals surface area contributed by atoms with E-state index in [0.29, 0.717) is 13.0 Å². The molecule has 2 aliphatic heterocycles. The van der Waals surface area contributed by atoms with Crippen molar-refractivity contribution in [2.24, 2.45) is 5.41 Å². The summed E-state index contributed by atoms with van der Waals surface area (Å²) in [6.45, 7) is 2.77. The lowest BCUT2D eigenvalue weighted by molar-refractivity contribution is -0.137. The van der Waals surface area contributed by atoms with Crippen LogP contribution in [0.1, 0.15) is 25.3 Å². The zero-order valence-electron chi connectivity index (χ0n) is 12.2. The zero-order chi connectivity index (χ0) is 14.9. The average Bonchev–Trinajstić information content (AvgIpc) is 2.91. The van der Waals surface area contributed by atoms with Crippen LogP contribution in [0.25, 0.3) is 0 Å². The Morgan fingerprint density at radius 2 is 2.14 bits per heavy atom. The Balaban J connectivity index is 1.72. The first kappa shape index (κ1) is 14.2. The average molecular weight is 293 g/mol. The molecule has 4 nitrogen and oxygen atoms in total. The lowest BCUT2D eigenvalue weighted by Crippen LogP contribution is -2.46. The van der Waals surface area contributed by atoms with Crippen molar-refractivity contribution in [1.82, 2.24) is 4.90 Å². The molecule has 2 aliphatic rings. The van der Waals surface area contributed by atoms with Gasteiger partial charge in [-0.2, -0.15) is 0 Å². The van der Waals surface area contributed by atoms with Crippen molar-refractivity contribution in [3.8, 4) is 11.5 Å². The molecule has 0 saturated carbocycles. The van der Waals surface area contributed by atoms with Crippen LogP contribution in [0.5, 0.6) is 11.5 Å². The highest BCUT2D eigenvalue weighted by atomic mass is 19.1. The van der Waals surface area contributed by atoms with Gasteiger partial charge in [0.2, 0.25) is 12.7 Å². The van der Waals surface area contributed by atoms with E-state index in [-0.39, 0.29) is 24.7 Å². The summed E-state index contributed by atoms with van der Waals surface area (Å²) in [5.41, 5.74) is 1.15. The van der Waals surface area contributed by atoms with Crippen LogP contribution in [0.4, 0.5) is 4.39 Å². The number of carbonyl (C=O) groups is 1. The van der Waals surface area contributed by atoms with E-state index >= 15 is 0 Å². The maximum atomic E-state index is 12.6. The van der Waals surface area contributed by atoms with Crippen molar-refractivity contribution in [2.75, 3.05) is 26.6 Å². The number of alkyl halides is 1. The highest BCUT2D eigenvalue weighted by Gasteiger charge is 2.35. The van der Waals surface area contributed by atoms with Gasteiger partial charge in [0.25, 0.3) is 0 Å². The summed E-state index contributed by atoms with van der Waals surface area (Å²) in [7, 11) is 0. The van der Waals surface area contributed by atoms with Gasteiger partial charge in [0, 0.05) is 19.5 Å². The Bertz CT molecular complexity index is 548. The molecular formula is C16H20FNO3. The molecule has 3 rings (SSSR count). The lowest BCUT2D eigenvalue weighted by atomic mass is 9.76. The molecule has 0 aromatic heterocycles. The van der Waals surface area contributed by atoms with Crippen LogP contribution in [0.3, 0.4) is 0 Å². The van der Waals surface area contributed by atoms with E-state index < -0.39 is 6.67 Å². The maximum Gasteiger partial charge on any atom is 0.231 e. The zero-order valence-corrected chi connectivity index (χ0v) is 12.2. The molecule has 1 saturated heterocycles. The summed E-state index contributed by atoms with van der Waals surface area (Å²) < 4.78 is 23.3. The molecule has 0 aliphatic carbocycles. The third kappa shape index (κ3) is 2.96. The molecule has 5 heteroatoms. The summed E-state index contributed by atoms with van der Waals surface area (Å²) in [5.74, 6) is 1.63. The molecule has 0 N–H and O–H groups in total. The Kier molecular flexibility index (Phi) is 3.74. The Hall–Kier alpha value is -1.78. The van der Waals surface area contributed by atoms with Gasteiger partial charge in [0.15, 0.2) is 11.5 Å². The van der Waals surface area contributed by atoms with Crippen molar-refractivity contribution in [1.29, 1.82) is 0 Å². The van der Waals surface area contributed by atoms with Crippen LogP contribution >= 0.6 is 0 Å². The van der Waals surface area contributed by atoms with Crippen LogP contribution in [0.15, 0.2) is 18.2 Å². The molecule has 1 fully saturated rings. The molecule has 1 aromatic carbocycles. The van der Waals surface area contributed by atoms with Gasteiger partial charge >= 0.3 is 0 Å². The van der Waals surface area contributed by atoms with Gasteiger partial charge in [-0.1, -0.05) is 13.0 Å². The number of fused-ring (bicyclic) bond motifs is 1. The number of halogens is 1. The Morgan fingerprint density at radius 3 is 2.95 bits per heavy atom. The SMILES string of the molecule is CC1(Cc2ccc3c(c2)OCO3)CCC(=O)N(CCF)C1. The van der Waals surface area contributed by atoms with E-state index in [1.165, 1.54) is 0 Å². The van der Waals surface area contributed by atoms with E-state index in [1.807, 2.05) is 18.2 Å². The number of benzene rings is 1. The summed E-state index contributed by atoms with van der Waals surface area (Å²) in [6, 6.07) is 5.96. The fourth-order valence-corrected chi connectivity index (χ4v) is 3.19. The van der Waals surface area contributed by atoms with Crippen molar-refractivity contribution in [2.45, 2.75) is 26.2 Å². The minimum atomic E-state index is -0.480. The van der Waals surface area contributed by atoms with Gasteiger partial charge in [-0.25, -0.2) is 4.39 Å². The smallest absolute Gasteiger partial charge is 0.231 e. The Labute approximate surface area is 123 Å². The van der Waals surface area contributed by atoms with E-state index in [1.54, 1.807) is 4.90 Å². The predicted molar refractivity (Wildman–Crippen MR) is 76.2 cm³/mol. The monoisotopic (exact) mass is 293 g/mol. The minimum Gasteiger partial charge on any atom is -0.454 e. The van der Waals surface area contributed by atoms with Crippen molar-refractivity contribution < 1.29 is 18.7 Å². The van der Waals surface area contributed by atoms with Gasteiger partial charge in [0.1, 0.15) is 6.67 Å². The molecule has 114 valence electrons. The molecule has 1 aromatic rings. The highest BCUT2D eigenvalue weighted by Crippen LogP contribution is 2.37. The third-order valence-corrected chi connectivity index (χ3v) is 4.29. The fraction of sp³-hybridized carbons (Fsp3) is 0.562. The largest absolute Gasteiger partial charge is 0.454 e. The number of rotatable bonds is 4. The van der Waals surface area contributed by atoms with Gasteiger partial charge in [0.05, 0.1) is 0 Å². The summed E-state index contributed by atoms with van der Waals surface area (Å²) in [5, 5.41) is 0. The van der Waals surface area contributed by atoms with E-state index in [2.05, 4.69) is 6.92 Å². The van der Waals surface area contributed by atoms with Crippen molar-refractivity contribution >= 4 is 5.91 Å². The first-order valence-electron chi connectivity index (χ1n) is 7.32. The predicted octanol–water partition coefficient (Wildman–Crippen LogP) is 2.56. The number of hydrogen-bond acceptors (Lipinski definition) is 3. The molecule has 1 atom stereocenters. The number of hydrogen-bond donors (Lipinski definition) is 0. The summed E-state index contributed by atoms with van der Waals surface area (Å²) in [4.78, 5) is 13.4. The second-order valence-corrected chi connectivity index (χ2v) is 6.18. The molecular weight excluding hydrogens is 273 g/mol. The normalized spacial score (nSPS) is 24.5. The quantitative estimate of drug-likeness (QED) is 0.856. The first-order valence-corrected chi connectivity index (χ1v) is 7.32. The van der Waals surface area contributed by atoms with Crippen LogP contribution in [0.2, 0.25) is 0 Å².